The Bertz CT molecular complexity index is 445. The molecule has 1 heterocycles. The molecule has 1 saturated carbocycles. The van der Waals surface area contributed by atoms with Gasteiger partial charge in [-0.25, -0.2) is 4.98 Å². The molecule has 0 aliphatic heterocycles. The molecule has 1 aromatic rings. The van der Waals surface area contributed by atoms with Gasteiger partial charge in [-0.3, -0.25) is 4.79 Å². The molecule has 3 nitrogen and oxygen atoms in total. The van der Waals surface area contributed by atoms with E-state index in [1.165, 1.54) is 6.42 Å². The van der Waals surface area contributed by atoms with Gasteiger partial charge in [-0.15, -0.1) is 0 Å². The van der Waals surface area contributed by atoms with Crippen LogP contribution in [0.2, 0.25) is 0 Å². The summed E-state index contributed by atoms with van der Waals surface area (Å²) in [7, 11) is 0. The number of anilines is 1. The fourth-order valence-corrected chi connectivity index (χ4v) is 3.00. The lowest BCUT2D eigenvalue weighted by Crippen LogP contribution is -2.37. The molecule has 1 aromatic heterocycles. The van der Waals surface area contributed by atoms with Crippen molar-refractivity contribution in [2.24, 2.45) is 11.3 Å². The summed E-state index contributed by atoms with van der Waals surface area (Å²) in [6, 6.07) is 3.67. The average Bonchev–Trinajstić information content (AvgIpc) is 2.28. The lowest BCUT2D eigenvalue weighted by Gasteiger charge is -2.37. The van der Waals surface area contributed by atoms with Crippen molar-refractivity contribution in [3.05, 3.63) is 22.8 Å². The number of nitrogens with one attached hydrogen (secondary N) is 1. The highest BCUT2D eigenvalue weighted by atomic mass is 79.9. The number of carbonyl (C=O) groups is 1. The van der Waals surface area contributed by atoms with Crippen LogP contribution in [0.15, 0.2) is 22.8 Å². The van der Waals surface area contributed by atoms with Crippen molar-refractivity contribution >= 4 is 27.7 Å². The van der Waals surface area contributed by atoms with Crippen molar-refractivity contribution in [2.75, 3.05) is 5.32 Å². The molecule has 0 spiro atoms. The van der Waals surface area contributed by atoms with Gasteiger partial charge in [0.1, 0.15) is 5.82 Å². The van der Waals surface area contributed by atoms with E-state index in [0.717, 1.165) is 23.7 Å². The number of nitrogens with zero attached hydrogens (tertiary/aromatic N) is 1. The third-order valence-electron chi connectivity index (χ3n) is 3.80. The lowest BCUT2D eigenvalue weighted by molar-refractivity contribution is -0.124. The van der Waals surface area contributed by atoms with E-state index < -0.39 is 0 Å². The average molecular weight is 311 g/mol. The molecule has 1 fully saturated rings. The molecule has 98 valence electrons. The van der Waals surface area contributed by atoms with Crippen LogP contribution in [0.3, 0.4) is 0 Å². The van der Waals surface area contributed by atoms with Crippen molar-refractivity contribution in [3.8, 4) is 0 Å². The highest BCUT2D eigenvalue weighted by molar-refractivity contribution is 9.10. The van der Waals surface area contributed by atoms with Crippen LogP contribution in [0.1, 0.15) is 39.5 Å². The molecule has 1 unspecified atom stereocenters. The zero-order chi connectivity index (χ0) is 13.2. The maximum absolute atomic E-state index is 12.3. The van der Waals surface area contributed by atoms with Crippen molar-refractivity contribution in [1.82, 2.24) is 4.98 Å². The molecular formula is C14H19BrN2O. The molecule has 4 heteroatoms. The third-order valence-corrected chi connectivity index (χ3v) is 4.29. The van der Waals surface area contributed by atoms with Gasteiger partial charge >= 0.3 is 0 Å². The van der Waals surface area contributed by atoms with Crippen molar-refractivity contribution < 1.29 is 4.79 Å². The van der Waals surface area contributed by atoms with Crippen LogP contribution in [-0.2, 0) is 4.79 Å². The maximum Gasteiger partial charge on any atom is 0.229 e. The molecular weight excluding hydrogens is 292 g/mol. The van der Waals surface area contributed by atoms with Crippen LogP contribution in [0.4, 0.5) is 5.82 Å². The fraction of sp³-hybridized carbons (Fsp3) is 0.571. The van der Waals surface area contributed by atoms with Gasteiger partial charge in [-0.05, 0) is 30.4 Å². The minimum absolute atomic E-state index is 0.0898. The number of amides is 1. The van der Waals surface area contributed by atoms with Crippen molar-refractivity contribution in [2.45, 2.75) is 39.5 Å². The Morgan fingerprint density at radius 2 is 2.28 bits per heavy atom. The van der Waals surface area contributed by atoms with Gasteiger partial charge < -0.3 is 5.32 Å². The van der Waals surface area contributed by atoms with E-state index in [-0.39, 0.29) is 17.2 Å². The molecule has 0 radical (unpaired) electrons. The second kappa shape index (κ2) is 5.39. The summed E-state index contributed by atoms with van der Waals surface area (Å²) in [5, 5.41) is 2.93. The van der Waals surface area contributed by atoms with E-state index in [4.69, 9.17) is 0 Å². The Balaban J connectivity index is 2.07. The number of halogens is 1. The molecule has 1 aliphatic carbocycles. The Morgan fingerprint density at radius 1 is 1.50 bits per heavy atom. The second-order valence-electron chi connectivity index (χ2n) is 5.64. The van der Waals surface area contributed by atoms with Crippen LogP contribution in [0, 0.1) is 11.3 Å². The van der Waals surface area contributed by atoms with Gasteiger partial charge in [-0.1, -0.05) is 42.6 Å². The van der Waals surface area contributed by atoms with Crippen LogP contribution < -0.4 is 5.32 Å². The number of pyridine rings is 1. The normalized spacial score (nSPS) is 22.5. The highest BCUT2D eigenvalue weighted by Crippen LogP contribution is 2.40. The lowest BCUT2D eigenvalue weighted by atomic mass is 9.68. The number of hydrogen-bond acceptors (Lipinski definition) is 2. The van der Waals surface area contributed by atoms with Gasteiger partial charge in [0, 0.05) is 16.6 Å². The van der Waals surface area contributed by atoms with E-state index in [2.05, 4.69) is 40.1 Å². The SMILES string of the molecule is CC1(C)CCCCC1C(=O)Nc1cc(Br)ccn1. The molecule has 1 N–H and O–H groups in total. The van der Waals surface area contributed by atoms with Gasteiger partial charge in [0.05, 0.1) is 0 Å². The molecule has 1 amide bonds. The summed E-state index contributed by atoms with van der Waals surface area (Å²) < 4.78 is 0.927. The summed E-state index contributed by atoms with van der Waals surface area (Å²) in [6.07, 6.45) is 6.16. The number of hydrogen-bond donors (Lipinski definition) is 1. The van der Waals surface area contributed by atoms with Crippen LogP contribution in [0.5, 0.6) is 0 Å². The van der Waals surface area contributed by atoms with Crippen molar-refractivity contribution in [1.29, 1.82) is 0 Å². The van der Waals surface area contributed by atoms with Crippen LogP contribution in [-0.4, -0.2) is 10.9 Å². The van der Waals surface area contributed by atoms with E-state index in [9.17, 15) is 4.79 Å². The molecule has 1 aliphatic rings. The second-order valence-corrected chi connectivity index (χ2v) is 6.55. The first-order valence-electron chi connectivity index (χ1n) is 6.41. The molecule has 18 heavy (non-hydrogen) atoms. The van der Waals surface area contributed by atoms with E-state index >= 15 is 0 Å². The summed E-state index contributed by atoms with van der Waals surface area (Å²) in [5.74, 6) is 0.813. The number of rotatable bonds is 2. The first kappa shape index (κ1) is 13.5. The maximum atomic E-state index is 12.3. The van der Waals surface area contributed by atoms with E-state index in [1.54, 1.807) is 6.20 Å². The minimum Gasteiger partial charge on any atom is -0.310 e. The van der Waals surface area contributed by atoms with Gasteiger partial charge in [0.25, 0.3) is 0 Å². The Labute approximate surface area is 117 Å². The van der Waals surface area contributed by atoms with Crippen LogP contribution in [0.25, 0.3) is 0 Å². The zero-order valence-corrected chi connectivity index (χ0v) is 12.5. The number of carbonyl (C=O) groups excluding carboxylic acids is 1. The highest BCUT2D eigenvalue weighted by Gasteiger charge is 2.37. The van der Waals surface area contributed by atoms with Gasteiger partial charge in [0.15, 0.2) is 0 Å². The molecule has 0 aromatic carbocycles. The smallest absolute Gasteiger partial charge is 0.229 e. The zero-order valence-electron chi connectivity index (χ0n) is 10.9. The number of aromatic nitrogens is 1. The summed E-state index contributed by atoms with van der Waals surface area (Å²) >= 11 is 3.38. The van der Waals surface area contributed by atoms with E-state index in [0.29, 0.717) is 5.82 Å². The summed E-state index contributed by atoms with van der Waals surface area (Å²) in [4.78, 5) is 16.5. The summed E-state index contributed by atoms with van der Waals surface area (Å²) in [5.41, 5.74) is 0.0916. The first-order chi connectivity index (χ1) is 8.49. The predicted molar refractivity (Wildman–Crippen MR) is 76.3 cm³/mol. The largest absolute Gasteiger partial charge is 0.310 e. The Kier molecular flexibility index (Phi) is 4.05. The topological polar surface area (TPSA) is 42.0 Å². The molecule has 0 saturated heterocycles. The van der Waals surface area contributed by atoms with E-state index in [1.807, 2.05) is 12.1 Å². The predicted octanol–water partition coefficient (Wildman–Crippen LogP) is 4.00. The monoisotopic (exact) mass is 310 g/mol. The molecule has 1 atom stereocenters. The molecule has 0 bridgehead atoms. The Morgan fingerprint density at radius 3 is 2.94 bits per heavy atom. The van der Waals surface area contributed by atoms with Gasteiger partial charge in [0.2, 0.25) is 5.91 Å². The van der Waals surface area contributed by atoms with Gasteiger partial charge in [-0.2, -0.15) is 0 Å². The minimum atomic E-state index is 0.0898. The quantitative estimate of drug-likeness (QED) is 0.897. The third kappa shape index (κ3) is 3.10. The molecule has 2 rings (SSSR count). The standard InChI is InChI=1S/C14H19BrN2O/c1-14(2)7-4-3-5-11(14)13(18)17-12-9-10(15)6-8-16-12/h6,8-9,11H,3-5,7H2,1-2H3,(H,16,17,18). The van der Waals surface area contributed by atoms with Crippen LogP contribution >= 0.6 is 15.9 Å². The fourth-order valence-electron chi connectivity index (χ4n) is 2.67. The Hall–Kier alpha value is -0.900. The van der Waals surface area contributed by atoms with Crippen molar-refractivity contribution in [3.63, 3.8) is 0 Å². The summed E-state index contributed by atoms with van der Waals surface area (Å²) in [6.45, 7) is 4.37. The first-order valence-corrected chi connectivity index (χ1v) is 7.21.